The molecule has 0 saturated carbocycles. The predicted molar refractivity (Wildman–Crippen MR) is 259 cm³/mol. The maximum Gasteiger partial charge on any atom is 0.306 e. The third-order valence-electron chi connectivity index (χ3n) is 11.6. The van der Waals surface area contributed by atoms with Crippen LogP contribution in [-0.4, -0.2) is 46.9 Å². The highest BCUT2D eigenvalue weighted by molar-refractivity contribution is 5.77. The molecular formula is C54H99NO5. The van der Waals surface area contributed by atoms with Gasteiger partial charge in [-0.15, -0.1) is 0 Å². The zero-order valence-electron chi connectivity index (χ0n) is 39.8. The van der Waals surface area contributed by atoms with Crippen LogP contribution < -0.4 is 5.32 Å². The lowest BCUT2D eigenvalue weighted by Gasteiger charge is -2.24. The Morgan fingerprint density at radius 3 is 1.40 bits per heavy atom. The summed E-state index contributed by atoms with van der Waals surface area (Å²) in [5.74, 6) is -0.492. The lowest BCUT2D eigenvalue weighted by atomic mass is 10.0. The van der Waals surface area contributed by atoms with E-state index in [1.807, 2.05) is 0 Å². The van der Waals surface area contributed by atoms with Gasteiger partial charge in [-0.2, -0.15) is 0 Å². The summed E-state index contributed by atoms with van der Waals surface area (Å²) in [6.45, 7) is 6.36. The smallest absolute Gasteiger partial charge is 0.306 e. The van der Waals surface area contributed by atoms with Crippen molar-refractivity contribution in [2.45, 2.75) is 277 Å². The summed E-state index contributed by atoms with van der Waals surface area (Å²) in [4.78, 5) is 26.1. The molecule has 0 rings (SSSR count). The summed E-state index contributed by atoms with van der Waals surface area (Å²) >= 11 is 0. The molecule has 0 spiro atoms. The zero-order chi connectivity index (χ0) is 43.8. The molecule has 350 valence electrons. The number of carbonyl (C=O) groups is 2. The topological polar surface area (TPSA) is 95.9 Å². The van der Waals surface area contributed by atoms with Crippen molar-refractivity contribution in [2.75, 3.05) is 6.61 Å². The van der Waals surface area contributed by atoms with Crippen LogP contribution in [0.1, 0.15) is 258 Å². The normalized spacial score (nSPS) is 13.6. The molecule has 0 aromatic rings. The SMILES string of the molecule is CC/C=C/C/C=C/C/C=C/CCCCCCCCC(=O)OC(CCCCCCC/C=C\CCCCCC)CC(=O)NC(CO)C(O)CCCCCCCCCCCCCC. The second-order valence-electron chi connectivity index (χ2n) is 17.5. The van der Waals surface area contributed by atoms with E-state index in [0.717, 1.165) is 89.9 Å². The number of hydrogen-bond donors (Lipinski definition) is 3. The van der Waals surface area contributed by atoms with Gasteiger partial charge >= 0.3 is 5.97 Å². The molecule has 3 N–H and O–H groups in total. The number of ether oxygens (including phenoxy) is 1. The monoisotopic (exact) mass is 842 g/mol. The van der Waals surface area contributed by atoms with E-state index in [-0.39, 0.29) is 24.9 Å². The van der Waals surface area contributed by atoms with E-state index in [9.17, 15) is 19.8 Å². The van der Waals surface area contributed by atoms with Crippen LogP contribution in [-0.2, 0) is 14.3 Å². The van der Waals surface area contributed by atoms with Gasteiger partial charge in [-0.1, -0.05) is 211 Å². The van der Waals surface area contributed by atoms with Gasteiger partial charge in [0.25, 0.3) is 0 Å². The van der Waals surface area contributed by atoms with Crippen LogP contribution in [0.2, 0.25) is 0 Å². The highest BCUT2D eigenvalue weighted by Gasteiger charge is 2.24. The fourth-order valence-electron chi connectivity index (χ4n) is 7.73. The second-order valence-corrected chi connectivity index (χ2v) is 17.5. The van der Waals surface area contributed by atoms with Crippen LogP contribution in [0.4, 0.5) is 0 Å². The van der Waals surface area contributed by atoms with E-state index < -0.39 is 18.2 Å². The highest BCUT2D eigenvalue weighted by Crippen LogP contribution is 2.18. The van der Waals surface area contributed by atoms with E-state index in [4.69, 9.17) is 4.74 Å². The largest absolute Gasteiger partial charge is 0.462 e. The Labute approximate surface area is 372 Å². The Kier molecular flexibility index (Phi) is 46.1. The number of amides is 1. The van der Waals surface area contributed by atoms with Crippen molar-refractivity contribution in [3.63, 3.8) is 0 Å². The molecule has 3 atom stereocenters. The number of unbranched alkanes of at least 4 members (excludes halogenated alkanes) is 26. The predicted octanol–water partition coefficient (Wildman–Crippen LogP) is 15.5. The van der Waals surface area contributed by atoms with Crippen molar-refractivity contribution in [1.29, 1.82) is 0 Å². The van der Waals surface area contributed by atoms with Gasteiger partial charge in [-0.25, -0.2) is 0 Å². The molecule has 0 bridgehead atoms. The summed E-state index contributed by atoms with van der Waals surface area (Å²) in [6.07, 6.45) is 57.4. The maximum atomic E-state index is 13.2. The van der Waals surface area contributed by atoms with Gasteiger partial charge in [0, 0.05) is 6.42 Å². The Bertz CT molecular complexity index is 1040. The lowest BCUT2D eigenvalue weighted by molar-refractivity contribution is -0.151. The van der Waals surface area contributed by atoms with Crippen LogP contribution >= 0.6 is 0 Å². The Hall–Kier alpha value is -2.18. The van der Waals surface area contributed by atoms with Gasteiger partial charge in [0.15, 0.2) is 0 Å². The van der Waals surface area contributed by atoms with Crippen LogP contribution in [0.5, 0.6) is 0 Å². The maximum absolute atomic E-state index is 13.2. The molecule has 0 aromatic carbocycles. The minimum atomic E-state index is -0.791. The molecule has 60 heavy (non-hydrogen) atoms. The highest BCUT2D eigenvalue weighted by atomic mass is 16.5. The van der Waals surface area contributed by atoms with E-state index in [1.165, 1.54) is 122 Å². The number of rotatable bonds is 46. The fourth-order valence-corrected chi connectivity index (χ4v) is 7.73. The first-order valence-corrected chi connectivity index (χ1v) is 25.9. The molecule has 6 nitrogen and oxygen atoms in total. The van der Waals surface area contributed by atoms with Crippen molar-refractivity contribution in [2.24, 2.45) is 0 Å². The number of carbonyl (C=O) groups excluding carboxylic acids is 2. The molecule has 0 fully saturated rings. The van der Waals surface area contributed by atoms with Crippen molar-refractivity contribution in [1.82, 2.24) is 5.32 Å². The number of allylic oxidation sites excluding steroid dienone is 8. The number of aliphatic hydroxyl groups excluding tert-OH is 2. The van der Waals surface area contributed by atoms with Crippen molar-refractivity contribution in [3.05, 3.63) is 48.6 Å². The molecule has 0 aromatic heterocycles. The minimum Gasteiger partial charge on any atom is -0.462 e. The number of aliphatic hydroxyl groups is 2. The van der Waals surface area contributed by atoms with E-state index >= 15 is 0 Å². The molecule has 3 unspecified atom stereocenters. The molecule has 6 heteroatoms. The molecule has 0 aliphatic carbocycles. The minimum absolute atomic E-state index is 0.0671. The van der Waals surface area contributed by atoms with Crippen LogP contribution in [0, 0.1) is 0 Å². The van der Waals surface area contributed by atoms with Gasteiger partial charge in [0.05, 0.1) is 25.2 Å². The first-order chi connectivity index (χ1) is 29.5. The summed E-state index contributed by atoms with van der Waals surface area (Å²) in [6, 6.07) is -0.705. The lowest BCUT2D eigenvalue weighted by Crippen LogP contribution is -2.46. The number of nitrogens with one attached hydrogen (secondary N) is 1. The second kappa shape index (κ2) is 47.9. The number of hydrogen-bond acceptors (Lipinski definition) is 5. The van der Waals surface area contributed by atoms with E-state index in [2.05, 4.69) is 74.7 Å². The molecule has 0 aliphatic rings. The first kappa shape index (κ1) is 57.8. The third kappa shape index (κ3) is 42.5. The standard InChI is InChI=1S/C54H99NO5/c1-4-7-10-13-16-19-22-25-26-27-29-32-35-38-41-44-47-54(59)60-50(45-42-39-36-33-30-28-23-20-17-14-11-8-5-2)48-53(58)55-51(49-56)52(57)46-43-40-37-34-31-24-21-18-15-12-9-6-3/h7,10,16,19-20,23,25-26,50-52,56-57H,4-6,8-9,11-15,17-18,21-22,24,27-49H2,1-3H3,(H,55,58)/b10-7+,19-16+,23-20-,26-25+. The average Bonchev–Trinajstić information content (AvgIpc) is 3.24. The van der Waals surface area contributed by atoms with Gasteiger partial charge in [0.2, 0.25) is 5.91 Å². The van der Waals surface area contributed by atoms with Crippen molar-refractivity contribution >= 4 is 11.9 Å². The third-order valence-corrected chi connectivity index (χ3v) is 11.6. The van der Waals surface area contributed by atoms with Crippen LogP contribution in [0.15, 0.2) is 48.6 Å². The van der Waals surface area contributed by atoms with Crippen LogP contribution in [0.3, 0.4) is 0 Å². The van der Waals surface area contributed by atoms with Crippen molar-refractivity contribution < 1.29 is 24.5 Å². The quantitative estimate of drug-likeness (QED) is 0.0322. The molecular weight excluding hydrogens is 743 g/mol. The summed E-state index contributed by atoms with van der Waals surface area (Å²) in [5, 5.41) is 23.8. The molecule has 0 aliphatic heterocycles. The molecule has 0 radical (unpaired) electrons. The van der Waals surface area contributed by atoms with Gasteiger partial charge < -0.3 is 20.3 Å². The zero-order valence-corrected chi connectivity index (χ0v) is 39.8. The van der Waals surface area contributed by atoms with E-state index in [1.54, 1.807) is 0 Å². The Morgan fingerprint density at radius 2 is 0.900 bits per heavy atom. The first-order valence-electron chi connectivity index (χ1n) is 25.9. The Morgan fingerprint density at radius 1 is 0.500 bits per heavy atom. The van der Waals surface area contributed by atoms with Gasteiger partial charge in [-0.3, -0.25) is 9.59 Å². The molecule has 0 heterocycles. The summed E-state index contributed by atoms with van der Waals surface area (Å²) in [5.41, 5.74) is 0. The van der Waals surface area contributed by atoms with E-state index in [0.29, 0.717) is 19.3 Å². The summed E-state index contributed by atoms with van der Waals surface area (Å²) < 4.78 is 5.93. The summed E-state index contributed by atoms with van der Waals surface area (Å²) in [7, 11) is 0. The van der Waals surface area contributed by atoms with Gasteiger partial charge in [-0.05, 0) is 83.5 Å². The Balaban J connectivity index is 4.59. The molecule has 0 saturated heterocycles. The van der Waals surface area contributed by atoms with Gasteiger partial charge in [0.1, 0.15) is 6.10 Å². The number of esters is 1. The fraction of sp³-hybridized carbons (Fsp3) is 0.815. The van der Waals surface area contributed by atoms with Crippen LogP contribution in [0.25, 0.3) is 0 Å². The van der Waals surface area contributed by atoms with Crippen molar-refractivity contribution in [3.8, 4) is 0 Å². The molecule has 1 amide bonds. The average molecular weight is 842 g/mol.